The van der Waals surface area contributed by atoms with E-state index < -0.39 is 0 Å². The van der Waals surface area contributed by atoms with Crippen molar-refractivity contribution in [3.8, 4) is 5.75 Å². The van der Waals surface area contributed by atoms with Crippen molar-refractivity contribution >= 4 is 16.9 Å². The average Bonchev–Trinajstić information content (AvgIpc) is 2.91. The van der Waals surface area contributed by atoms with E-state index in [2.05, 4.69) is 11.1 Å². The molecule has 21 heavy (non-hydrogen) atoms. The normalized spacial score (nSPS) is 10.7. The summed E-state index contributed by atoms with van der Waals surface area (Å²) >= 11 is 0. The van der Waals surface area contributed by atoms with E-state index in [1.807, 2.05) is 55.6 Å². The minimum atomic E-state index is -0.199. The Labute approximate surface area is 123 Å². The highest BCUT2D eigenvalue weighted by Gasteiger charge is 2.09. The van der Waals surface area contributed by atoms with Gasteiger partial charge in [0, 0.05) is 17.1 Å². The minimum absolute atomic E-state index is 0.199. The van der Waals surface area contributed by atoms with Crippen molar-refractivity contribution in [1.82, 2.24) is 4.98 Å². The van der Waals surface area contributed by atoms with E-state index in [4.69, 9.17) is 4.74 Å². The maximum Gasteiger partial charge on any atom is 0.311 e. The van der Waals surface area contributed by atoms with Gasteiger partial charge in [0.2, 0.25) is 0 Å². The van der Waals surface area contributed by atoms with E-state index in [1.54, 1.807) is 0 Å². The predicted octanol–water partition coefficient (Wildman–Crippen LogP) is 4.01. The number of benzene rings is 2. The molecule has 1 heterocycles. The number of hydrogen-bond donors (Lipinski definition) is 1. The predicted molar refractivity (Wildman–Crippen MR) is 83.4 cm³/mol. The molecule has 106 valence electrons. The summed E-state index contributed by atoms with van der Waals surface area (Å²) in [6.07, 6.45) is 3.01. The monoisotopic (exact) mass is 279 g/mol. The van der Waals surface area contributed by atoms with Crippen LogP contribution in [0.25, 0.3) is 10.9 Å². The van der Waals surface area contributed by atoms with Crippen LogP contribution in [0.3, 0.4) is 0 Å². The van der Waals surface area contributed by atoms with E-state index in [0.717, 1.165) is 16.6 Å². The standard InChI is InChI=1S/C18H17NO2/c1-13-6-2-5-9-17(13)21-18(20)11-10-14-12-19-16-8-4-3-7-15(14)16/h2-9,12,19H,10-11H2,1H3. The number of carbonyl (C=O) groups is 1. The zero-order chi connectivity index (χ0) is 14.7. The van der Waals surface area contributed by atoms with Gasteiger partial charge in [0.15, 0.2) is 0 Å². The Morgan fingerprint density at radius 1 is 1.10 bits per heavy atom. The fourth-order valence-corrected chi connectivity index (χ4v) is 2.42. The first-order valence-electron chi connectivity index (χ1n) is 7.05. The van der Waals surface area contributed by atoms with Crippen molar-refractivity contribution in [2.24, 2.45) is 0 Å². The first-order valence-corrected chi connectivity index (χ1v) is 7.05. The van der Waals surface area contributed by atoms with Crippen molar-refractivity contribution in [3.05, 3.63) is 65.9 Å². The van der Waals surface area contributed by atoms with Crippen LogP contribution in [-0.4, -0.2) is 11.0 Å². The Morgan fingerprint density at radius 2 is 1.86 bits per heavy atom. The number of hydrogen-bond acceptors (Lipinski definition) is 2. The van der Waals surface area contributed by atoms with E-state index in [9.17, 15) is 4.79 Å². The molecule has 0 aliphatic carbocycles. The number of aryl methyl sites for hydroxylation is 2. The van der Waals surface area contributed by atoms with Crippen LogP contribution in [0, 0.1) is 6.92 Å². The molecular weight excluding hydrogens is 262 g/mol. The molecule has 0 saturated heterocycles. The van der Waals surface area contributed by atoms with Gasteiger partial charge < -0.3 is 9.72 Å². The summed E-state index contributed by atoms with van der Waals surface area (Å²) < 4.78 is 5.41. The van der Waals surface area contributed by atoms with Crippen LogP contribution in [0.1, 0.15) is 17.5 Å². The van der Waals surface area contributed by atoms with Crippen molar-refractivity contribution < 1.29 is 9.53 Å². The highest BCUT2D eigenvalue weighted by atomic mass is 16.5. The molecule has 0 amide bonds. The summed E-state index contributed by atoms with van der Waals surface area (Å²) in [7, 11) is 0. The fraction of sp³-hybridized carbons (Fsp3) is 0.167. The molecule has 0 aliphatic heterocycles. The van der Waals surface area contributed by atoms with Gasteiger partial charge in [0.1, 0.15) is 5.75 Å². The smallest absolute Gasteiger partial charge is 0.311 e. The summed E-state index contributed by atoms with van der Waals surface area (Å²) in [5.74, 6) is 0.441. The SMILES string of the molecule is Cc1ccccc1OC(=O)CCc1c[nH]c2ccccc12. The van der Waals surface area contributed by atoms with Crippen molar-refractivity contribution in [1.29, 1.82) is 0 Å². The van der Waals surface area contributed by atoms with Crippen LogP contribution in [0.2, 0.25) is 0 Å². The Balaban J connectivity index is 1.65. The molecule has 0 unspecified atom stereocenters. The molecule has 3 heteroatoms. The number of aromatic nitrogens is 1. The number of ether oxygens (including phenoxy) is 1. The molecule has 3 rings (SSSR count). The molecule has 1 aromatic heterocycles. The molecule has 2 aromatic carbocycles. The van der Waals surface area contributed by atoms with E-state index in [-0.39, 0.29) is 5.97 Å². The number of H-pyrrole nitrogens is 1. The lowest BCUT2D eigenvalue weighted by atomic mass is 10.1. The Kier molecular flexibility index (Phi) is 3.73. The van der Waals surface area contributed by atoms with Gasteiger partial charge in [-0.25, -0.2) is 0 Å². The van der Waals surface area contributed by atoms with Gasteiger partial charge in [-0.05, 0) is 36.6 Å². The van der Waals surface area contributed by atoms with Gasteiger partial charge in [-0.3, -0.25) is 4.79 Å². The Hall–Kier alpha value is -2.55. The Bertz CT molecular complexity index is 773. The van der Waals surface area contributed by atoms with Crippen molar-refractivity contribution in [2.45, 2.75) is 19.8 Å². The number of fused-ring (bicyclic) bond motifs is 1. The lowest BCUT2D eigenvalue weighted by Crippen LogP contribution is -2.09. The second-order valence-electron chi connectivity index (χ2n) is 5.10. The lowest BCUT2D eigenvalue weighted by molar-refractivity contribution is -0.134. The third-order valence-electron chi connectivity index (χ3n) is 3.59. The zero-order valence-electron chi connectivity index (χ0n) is 11.9. The molecule has 0 saturated carbocycles. The molecule has 1 N–H and O–H groups in total. The number of nitrogens with one attached hydrogen (secondary N) is 1. The van der Waals surface area contributed by atoms with Crippen LogP contribution < -0.4 is 4.74 Å². The molecule has 0 bridgehead atoms. The second-order valence-corrected chi connectivity index (χ2v) is 5.10. The number of esters is 1. The molecule has 0 atom stereocenters. The van der Waals surface area contributed by atoms with Crippen LogP contribution in [0.5, 0.6) is 5.75 Å². The second kappa shape index (κ2) is 5.83. The molecule has 3 nitrogen and oxygen atoms in total. The summed E-state index contributed by atoms with van der Waals surface area (Å²) in [4.78, 5) is 15.2. The summed E-state index contributed by atoms with van der Waals surface area (Å²) in [5, 5.41) is 1.17. The third-order valence-corrected chi connectivity index (χ3v) is 3.59. The van der Waals surface area contributed by atoms with Gasteiger partial charge in [0.25, 0.3) is 0 Å². The third kappa shape index (κ3) is 2.97. The number of rotatable bonds is 4. The quantitative estimate of drug-likeness (QED) is 0.579. The summed E-state index contributed by atoms with van der Waals surface area (Å²) in [6, 6.07) is 15.6. The maximum atomic E-state index is 12.0. The fourth-order valence-electron chi connectivity index (χ4n) is 2.42. The number of para-hydroxylation sites is 2. The molecule has 0 aliphatic rings. The Morgan fingerprint density at radius 3 is 2.71 bits per heavy atom. The molecular formula is C18H17NO2. The molecule has 0 spiro atoms. The summed E-state index contributed by atoms with van der Waals surface area (Å²) in [5.41, 5.74) is 3.21. The van der Waals surface area contributed by atoms with Gasteiger partial charge in [-0.1, -0.05) is 36.4 Å². The number of aromatic amines is 1. The van der Waals surface area contributed by atoms with E-state index in [1.165, 1.54) is 5.39 Å². The first-order chi connectivity index (χ1) is 10.2. The van der Waals surface area contributed by atoms with Gasteiger partial charge in [-0.2, -0.15) is 0 Å². The first kappa shape index (κ1) is 13.4. The molecule has 0 radical (unpaired) electrons. The van der Waals surface area contributed by atoms with Crippen molar-refractivity contribution in [2.75, 3.05) is 0 Å². The van der Waals surface area contributed by atoms with Gasteiger partial charge in [-0.15, -0.1) is 0 Å². The largest absolute Gasteiger partial charge is 0.426 e. The topological polar surface area (TPSA) is 42.1 Å². The average molecular weight is 279 g/mol. The lowest BCUT2D eigenvalue weighted by Gasteiger charge is -2.06. The van der Waals surface area contributed by atoms with Crippen molar-refractivity contribution in [3.63, 3.8) is 0 Å². The minimum Gasteiger partial charge on any atom is -0.426 e. The van der Waals surface area contributed by atoms with Crippen LogP contribution in [0.15, 0.2) is 54.7 Å². The zero-order valence-corrected chi connectivity index (χ0v) is 11.9. The van der Waals surface area contributed by atoms with Crippen LogP contribution in [0.4, 0.5) is 0 Å². The van der Waals surface area contributed by atoms with Crippen LogP contribution in [-0.2, 0) is 11.2 Å². The van der Waals surface area contributed by atoms with Gasteiger partial charge >= 0.3 is 5.97 Å². The number of carbonyl (C=O) groups excluding carboxylic acids is 1. The summed E-state index contributed by atoms with van der Waals surface area (Å²) in [6.45, 7) is 1.93. The van der Waals surface area contributed by atoms with Gasteiger partial charge in [0.05, 0.1) is 6.42 Å². The maximum absolute atomic E-state index is 12.0. The van der Waals surface area contributed by atoms with Crippen LogP contribution >= 0.6 is 0 Å². The highest BCUT2D eigenvalue weighted by Crippen LogP contribution is 2.20. The van der Waals surface area contributed by atoms with E-state index in [0.29, 0.717) is 18.6 Å². The molecule has 3 aromatic rings. The molecule has 0 fully saturated rings. The highest BCUT2D eigenvalue weighted by molar-refractivity contribution is 5.83. The van der Waals surface area contributed by atoms with E-state index >= 15 is 0 Å².